The normalized spacial score (nSPS) is 16.9. The summed E-state index contributed by atoms with van der Waals surface area (Å²) < 4.78 is 27.1. The van der Waals surface area contributed by atoms with Crippen molar-refractivity contribution in [1.82, 2.24) is 25.6 Å². The van der Waals surface area contributed by atoms with Crippen LogP contribution in [-0.4, -0.2) is 53.3 Å². The Bertz CT molecular complexity index is 1120. The molecule has 0 saturated carbocycles. The molecule has 174 valence electrons. The molecule has 0 radical (unpaired) electrons. The van der Waals surface area contributed by atoms with E-state index >= 15 is 4.39 Å². The first-order valence-electron chi connectivity index (χ1n) is 10.7. The standard InChI is InChI=1S/C23H26FN5O3S/c1-13-8-28-23(33-13)20-7-17(32-12-18-11-25-4-5-31-18)6-19(21(20)24)22(30)29-14(2)16-9-26-15(3)27-10-16/h6-10,14,18,25H,4-5,11-12H2,1-3H3,(H,29,30)/t14-,18?/m1/s1. The van der Waals surface area contributed by atoms with E-state index in [0.29, 0.717) is 29.7 Å². The van der Waals surface area contributed by atoms with Gasteiger partial charge in [0, 0.05) is 42.1 Å². The lowest BCUT2D eigenvalue weighted by atomic mass is 10.1. The average molecular weight is 472 g/mol. The predicted octanol–water partition coefficient (Wildman–Crippen LogP) is 3.21. The monoisotopic (exact) mass is 471 g/mol. The van der Waals surface area contributed by atoms with Crippen LogP contribution in [0, 0.1) is 19.7 Å². The molecule has 3 heterocycles. The molecule has 1 unspecified atom stereocenters. The number of amides is 1. The predicted molar refractivity (Wildman–Crippen MR) is 123 cm³/mol. The molecule has 1 aliphatic rings. The van der Waals surface area contributed by atoms with E-state index < -0.39 is 17.8 Å². The summed E-state index contributed by atoms with van der Waals surface area (Å²) in [6, 6.07) is 2.59. The van der Waals surface area contributed by atoms with Crippen molar-refractivity contribution >= 4 is 17.2 Å². The topological polar surface area (TPSA) is 98.3 Å². The summed E-state index contributed by atoms with van der Waals surface area (Å²) in [5.74, 6) is -0.188. The average Bonchev–Trinajstić information content (AvgIpc) is 3.25. The highest BCUT2D eigenvalue weighted by atomic mass is 32.1. The number of rotatable bonds is 7. The third-order valence-electron chi connectivity index (χ3n) is 5.23. The van der Waals surface area contributed by atoms with Gasteiger partial charge >= 0.3 is 0 Å². The molecule has 2 aromatic heterocycles. The van der Waals surface area contributed by atoms with Crippen molar-refractivity contribution in [1.29, 1.82) is 0 Å². The maximum Gasteiger partial charge on any atom is 0.254 e. The zero-order chi connectivity index (χ0) is 23.4. The fourth-order valence-electron chi connectivity index (χ4n) is 3.38. The minimum atomic E-state index is -0.642. The second-order valence-corrected chi connectivity index (χ2v) is 9.11. The van der Waals surface area contributed by atoms with Crippen molar-refractivity contribution in [3.8, 4) is 16.3 Å². The highest BCUT2D eigenvalue weighted by Crippen LogP contribution is 2.33. The number of halogens is 1. The molecular weight excluding hydrogens is 445 g/mol. The molecule has 1 aliphatic heterocycles. The van der Waals surface area contributed by atoms with Crippen molar-refractivity contribution in [3.63, 3.8) is 0 Å². The largest absolute Gasteiger partial charge is 0.491 e. The Morgan fingerprint density at radius 3 is 2.76 bits per heavy atom. The third-order valence-corrected chi connectivity index (χ3v) is 6.18. The number of morpholine rings is 1. The van der Waals surface area contributed by atoms with E-state index in [9.17, 15) is 4.79 Å². The van der Waals surface area contributed by atoms with Crippen LogP contribution < -0.4 is 15.4 Å². The van der Waals surface area contributed by atoms with E-state index in [0.717, 1.165) is 17.0 Å². The van der Waals surface area contributed by atoms with Crippen LogP contribution in [0.1, 0.15) is 39.6 Å². The van der Waals surface area contributed by atoms with E-state index in [1.165, 1.54) is 17.4 Å². The van der Waals surface area contributed by atoms with Crippen LogP contribution in [0.3, 0.4) is 0 Å². The van der Waals surface area contributed by atoms with Crippen LogP contribution in [0.25, 0.3) is 10.6 Å². The smallest absolute Gasteiger partial charge is 0.254 e. The van der Waals surface area contributed by atoms with Gasteiger partial charge < -0.3 is 20.1 Å². The molecule has 1 aromatic carbocycles. The first kappa shape index (κ1) is 23.2. The number of thiazole rings is 1. The number of ether oxygens (including phenoxy) is 2. The fraction of sp³-hybridized carbons (Fsp3) is 0.391. The van der Waals surface area contributed by atoms with E-state index in [2.05, 4.69) is 25.6 Å². The molecule has 10 heteroatoms. The van der Waals surface area contributed by atoms with Crippen molar-refractivity contribution in [2.24, 2.45) is 0 Å². The minimum Gasteiger partial charge on any atom is -0.491 e. The molecule has 8 nitrogen and oxygen atoms in total. The number of hydrogen-bond acceptors (Lipinski definition) is 8. The molecule has 2 N–H and O–H groups in total. The number of aromatic nitrogens is 3. The Morgan fingerprint density at radius 2 is 2.09 bits per heavy atom. The highest BCUT2D eigenvalue weighted by molar-refractivity contribution is 7.14. The van der Waals surface area contributed by atoms with Crippen LogP contribution in [-0.2, 0) is 4.74 Å². The molecule has 33 heavy (non-hydrogen) atoms. The minimum absolute atomic E-state index is 0.113. The van der Waals surface area contributed by atoms with Crippen molar-refractivity contribution in [3.05, 3.63) is 58.4 Å². The van der Waals surface area contributed by atoms with Gasteiger partial charge in [0.1, 0.15) is 35.1 Å². The number of nitrogens with zero attached hydrogens (tertiary/aromatic N) is 3. The van der Waals surface area contributed by atoms with Crippen LogP contribution in [0.2, 0.25) is 0 Å². The van der Waals surface area contributed by atoms with Crippen LogP contribution in [0.4, 0.5) is 4.39 Å². The van der Waals surface area contributed by atoms with E-state index in [1.807, 2.05) is 6.92 Å². The number of carbonyl (C=O) groups is 1. The molecule has 3 aromatic rings. The molecule has 1 amide bonds. The summed E-state index contributed by atoms with van der Waals surface area (Å²) >= 11 is 1.35. The van der Waals surface area contributed by atoms with Gasteiger partial charge in [0.2, 0.25) is 0 Å². The SMILES string of the molecule is Cc1ncc([C@@H](C)NC(=O)c2cc(OCC3CNCCO3)cc(-c3ncc(C)s3)c2F)cn1. The van der Waals surface area contributed by atoms with Gasteiger partial charge in [-0.05, 0) is 32.9 Å². The van der Waals surface area contributed by atoms with Crippen LogP contribution in [0.15, 0.2) is 30.7 Å². The lowest BCUT2D eigenvalue weighted by Crippen LogP contribution is -2.41. The number of benzene rings is 1. The molecule has 1 saturated heterocycles. The molecule has 0 spiro atoms. The summed E-state index contributed by atoms with van der Waals surface area (Å²) in [7, 11) is 0. The lowest BCUT2D eigenvalue weighted by Gasteiger charge is -2.24. The highest BCUT2D eigenvalue weighted by Gasteiger charge is 2.23. The molecular formula is C23H26FN5O3S. The van der Waals surface area contributed by atoms with Gasteiger partial charge in [0.15, 0.2) is 0 Å². The van der Waals surface area contributed by atoms with E-state index in [-0.39, 0.29) is 23.8 Å². The Hall–Kier alpha value is -2.95. The molecule has 2 atom stereocenters. The molecule has 1 fully saturated rings. The lowest BCUT2D eigenvalue weighted by molar-refractivity contribution is 0.000182. The van der Waals surface area contributed by atoms with Gasteiger partial charge in [-0.3, -0.25) is 4.79 Å². The number of nitrogens with one attached hydrogen (secondary N) is 2. The molecule has 4 rings (SSSR count). The summed E-state index contributed by atoms with van der Waals surface area (Å²) in [6.45, 7) is 7.83. The summed E-state index contributed by atoms with van der Waals surface area (Å²) in [5, 5.41) is 6.55. The van der Waals surface area contributed by atoms with Crippen molar-refractivity contribution in [2.75, 3.05) is 26.3 Å². The first-order valence-corrected chi connectivity index (χ1v) is 11.5. The Labute approximate surface area is 195 Å². The van der Waals surface area contributed by atoms with Crippen molar-refractivity contribution in [2.45, 2.75) is 32.9 Å². The van der Waals surface area contributed by atoms with Gasteiger partial charge in [-0.2, -0.15) is 0 Å². The van der Waals surface area contributed by atoms with Crippen LogP contribution in [0.5, 0.6) is 5.75 Å². The maximum atomic E-state index is 15.5. The fourth-order valence-corrected chi connectivity index (χ4v) is 4.16. The first-order chi connectivity index (χ1) is 15.9. The Balaban J connectivity index is 1.60. The van der Waals surface area contributed by atoms with Crippen molar-refractivity contribution < 1.29 is 18.7 Å². The number of aryl methyl sites for hydroxylation is 2. The summed E-state index contributed by atoms with van der Waals surface area (Å²) in [5.41, 5.74) is 0.835. The van der Waals surface area contributed by atoms with Gasteiger partial charge in [-0.25, -0.2) is 19.3 Å². The maximum absolute atomic E-state index is 15.5. The van der Waals surface area contributed by atoms with E-state index in [1.54, 1.807) is 38.5 Å². The van der Waals surface area contributed by atoms with Gasteiger partial charge in [0.25, 0.3) is 5.91 Å². The quantitative estimate of drug-likeness (QED) is 0.546. The number of carbonyl (C=O) groups excluding carboxylic acids is 1. The van der Waals surface area contributed by atoms with Gasteiger partial charge in [-0.15, -0.1) is 11.3 Å². The van der Waals surface area contributed by atoms with E-state index in [4.69, 9.17) is 9.47 Å². The Kier molecular flexibility index (Phi) is 7.26. The van der Waals surface area contributed by atoms with Gasteiger partial charge in [0.05, 0.1) is 23.8 Å². The summed E-state index contributed by atoms with van der Waals surface area (Å²) in [6.07, 6.45) is 4.84. The third kappa shape index (κ3) is 5.70. The second-order valence-electron chi connectivity index (χ2n) is 7.88. The Morgan fingerprint density at radius 1 is 1.30 bits per heavy atom. The molecule has 0 aliphatic carbocycles. The number of hydrogen-bond donors (Lipinski definition) is 2. The molecule has 0 bridgehead atoms. The van der Waals surface area contributed by atoms with Crippen LogP contribution >= 0.6 is 11.3 Å². The van der Waals surface area contributed by atoms with Gasteiger partial charge in [-0.1, -0.05) is 0 Å². The zero-order valence-electron chi connectivity index (χ0n) is 18.7. The second kappa shape index (κ2) is 10.3. The zero-order valence-corrected chi connectivity index (χ0v) is 19.5. The summed E-state index contributed by atoms with van der Waals surface area (Å²) in [4.78, 5) is 26.6.